The number of likely N-dealkylation sites (N-methyl/N-ethyl adjacent to an activating group) is 1. The molecule has 2 heterocycles. The number of benzene rings is 2. The molecule has 1 fully saturated rings. The molecule has 3 aromatic rings. The van der Waals surface area contributed by atoms with Crippen LogP contribution in [-0.2, 0) is 11.0 Å². The number of anilines is 1. The lowest BCUT2D eigenvalue weighted by Gasteiger charge is -2.16. The van der Waals surface area contributed by atoms with Crippen LogP contribution in [0.3, 0.4) is 0 Å². The zero-order valence-corrected chi connectivity index (χ0v) is 19.6. The number of amides is 1. The average molecular weight is 507 g/mol. The van der Waals surface area contributed by atoms with Gasteiger partial charge >= 0.3 is 6.18 Å². The molecule has 1 aliphatic heterocycles. The van der Waals surface area contributed by atoms with E-state index in [1.165, 1.54) is 29.2 Å². The highest BCUT2D eigenvalue weighted by Gasteiger charge is 2.37. The van der Waals surface area contributed by atoms with Gasteiger partial charge in [-0.3, -0.25) is 9.69 Å². The van der Waals surface area contributed by atoms with E-state index < -0.39 is 16.8 Å². The van der Waals surface area contributed by atoms with Crippen molar-refractivity contribution in [2.45, 2.75) is 13.1 Å². The first-order chi connectivity index (χ1) is 16.1. The molecular formula is C24H18ClF3N2O3S. The number of furan rings is 1. The third kappa shape index (κ3) is 4.53. The van der Waals surface area contributed by atoms with Gasteiger partial charge in [0.05, 0.1) is 22.9 Å². The van der Waals surface area contributed by atoms with Gasteiger partial charge in [-0.05, 0) is 73.7 Å². The Kier molecular flexibility index (Phi) is 6.42. The largest absolute Gasteiger partial charge is 0.494 e. The van der Waals surface area contributed by atoms with Gasteiger partial charge in [0, 0.05) is 18.7 Å². The summed E-state index contributed by atoms with van der Waals surface area (Å²) in [4.78, 5) is 16.1. The maximum atomic E-state index is 13.2. The Hall–Kier alpha value is -3.30. The number of hydrogen-bond acceptors (Lipinski definition) is 4. The minimum atomic E-state index is -4.59. The third-order valence-electron chi connectivity index (χ3n) is 5.13. The lowest BCUT2D eigenvalue weighted by Crippen LogP contribution is -2.31. The van der Waals surface area contributed by atoms with Gasteiger partial charge in [-0.25, -0.2) is 0 Å². The fraction of sp³-hybridized carbons (Fsp3) is 0.167. The van der Waals surface area contributed by atoms with Crippen LogP contribution in [0.25, 0.3) is 17.4 Å². The fourth-order valence-corrected chi connectivity index (χ4v) is 3.97. The number of alkyl halides is 3. The number of carbonyl (C=O) groups excluding carboxylic acids is 1. The number of halogens is 4. The van der Waals surface area contributed by atoms with Crippen molar-refractivity contribution in [1.82, 2.24) is 4.90 Å². The number of ether oxygens (including phenoxy) is 1. The Morgan fingerprint density at radius 2 is 1.82 bits per heavy atom. The SMILES string of the molecule is CCOc1ccc(N2C(=O)/C(=C/c3ccc(-c4ccc(Cl)c(C(F)(F)F)c4)o3)N(C)C2=S)cc1. The summed E-state index contributed by atoms with van der Waals surface area (Å²) < 4.78 is 50.7. The molecule has 0 radical (unpaired) electrons. The van der Waals surface area contributed by atoms with Crippen molar-refractivity contribution < 1.29 is 27.1 Å². The van der Waals surface area contributed by atoms with Crippen molar-refractivity contribution in [3.8, 4) is 17.1 Å². The van der Waals surface area contributed by atoms with Crippen molar-refractivity contribution in [3.63, 3.8) is 0 Å². The summed E-state index contributed by atoms with van der Waals surface area (Å²) in [5, 5.41) is -0.120. The summed E-state index contributed by atoms with van der Waals surface area (Å²) in [7, 11) is 1.65. The van der Waals surface area contributed by atoms with Gasteiger partial charge in [0.1, 0.15) is 23.0 Å². The molecule has 0 N–H and O–H groups in total. The maximum Gasteiger partial charge on any atom is 0.417 e. The van der Waals surface area contributed by atoms with Crippen LogP contribution >= 0.6 is 23.8 Å². The van der Waals surface area contributed by atoms with Gasteiger partial charge in [0.15, 0.2) is 5.11 Å². The van der Waals surface area contributed by atoms with Crippen LogP contribution in [0, 0.1) is 0 Å². The molecule has 1 aromatic heterocycles. The molecule has 0 spiro atoms. The number of nitrogens with zero attached hydrogens (tertiary/aromatic N) is 2. The Morgan fingerprint density at radius 1 is 1.12 bits per heavy atom. The van der Waals surface area contributed by atoms with E-state index in [0.717, 1.165) is 6.07 Å². The molecule has 0 atom stereocenters. The zero-order valence-electron chi connectivity index (χ0n) is 18.0. The smallest absolute Gasteiger partial charge is 0.417 e. The fourth-order valence-electron chi connectivity index (χ4n) is 3.46. The van der Waals surface area contributed by atoms with Crippen molar-refractivity contribution in [2.24, 2.45) is 0 Å². The van der Waals surface area contributed by atoms with Gasteiger partial charge in [-0.15, -0.1) is 0 Å². The number of rotatable bonds is 5. The summed E-state index contributed by atoms with van der Waals surface area (Å²) in [6.07, 6.45) is -3.10. The summed E-state index contributed by atoms with van der Waals surface area (Å²) >= 11 is 11.1. The Labute approximate surface area is 204 Å². The minimum absolute atomic E-state index is 0.202. The van der Waals surface area contributed by atoms with Crippen molar-refractivity contribution in [2.75, 3.05) is 18.6 Å². The van der Waals surface area contributed by atoms with Gasteiger partial charge in [-0.1, -0.05) is 11.6 Å². The Bertz CT molecular complexity index is 1290. The zero-order chi connectivity index (χ0) is 24.6. The first-order valence-electron chi connectivity index (χ1n) is 10.1. The van der Waals surface area contributed by atoms with Crippen molar-refractivity contribution in [1.29, 1.82) is 0 Å². The van der Waals surface area contributed by atoms with Crippen LogP contribution in [0.2, 0.25) is 5.02 Å². The molecule has 0 bridgehead atoms. The number of carbonyl (C=O) groups is 1. The van der Waals surface area contributed by atoms with E-state index in [9.17, 15) is 18.0 Å². The van der Waals surface area contributed by atoms with E-state index in [1.807, 2.05) is 6.92 Å². The molecule has 0 aliphatic carbocycles. The number of thiocarbonyl (C=S) groups is 1. The van der Waals surface area contributed by atoms with Crippen LogP contribution in [-0.4, -0.2) is 29.6 Å². The van der Waals surface area contributed by atoms with Crippen molar-refractivity contribution >= 4 is 46.6 Å². The van der Waals surface area contributed by atoms with Gasteiger partial charge < -0.3 is 14.1 Å². The number of hydrogen-bond donors (Lipinski definition) is 0. The third-order valence-corrected chi connectivity index (χ3v) is 5.92. The average Bonchev–Trinajstić information content (AvgIpc) is 3.33. The van der Waals surface area contributed by atoms with Crippen LogP contribution in [0.4, 0.5) is 18.9 Å². The summed E-state index contributed by atoms with van der Waals surface area (Å²) in [5.41, 5.74) is 0.0885. The van der Waals surface area contributed by atoms with Gasteiger partial charge in [0.2, 0.25) is 0 Å². The monoisotopic (exact) mass is 506 g/mol. The van der Waals surface area contributed by atoms with Crippen LogP contribution in [0.1, 0.15) is 18.2 Å². The van der Waals surface area contributed by atoms with E-state index in [-0.39, 0.29) is 33.8 Å². The first kappa shape index (κ1) is 23.8. The lowest BCUT2D eigenvalue weighted by molar-refractivity contribution is -0.137. The topological polar surface area (TPSA) is 45.9 Å². The van der Waals surface area contributed by atoms with Crippen molar-refractivity contribution in [3.05, 3.63) is 76.6 Å². The molecule has 0 saturated carbocycles. The molecular weight excluding hydrogens is 489 g/mol. The lowest BCUT2D eigenvalue weighted by atomic mass is 10.1. The molecule has 1 aliphatic rings. The summed E-state index contributed by atoms with van der Waals surface area (Å²) in [6.45, 7) is 2.40. The quantitative estimate of drug-likeness (QED) is 0.287. The predicted molar refractivity (Wildman–Crippen MR) is 128 cm³/mol. The highest BCUT2D eigenvalue weighted by Crippen LogP contribution is 2.38. The standard InChI is InChI=1S/C24H18ClF3N2O3S/c1-3-32-16-7-5-15(6-8-16)30-22(31)20(29(2)23(30)34)13-17-9-11-21(33-17)14-4-10-19(25)18(12-14)24(26,27)28/h4-13H,3H2,1-2H3/b20-13-. The second-order valence-corrected chi connectivity index (χ2v) is 8.11. The Balaban J connectivity index is 1.62. The second kappa shape index (κ2) is 9.15. The first-order valence-corrected chi connectivity index (χ1v) is 10.9. The molecule has 5 nitrogen and oxygen atoms in total. The minimum Gasteiger partial charge on any atom is -0.494 e. The Morgan fingerprint density at radius 3 is 2.47 bits per heavy atom. The molecule has 4 rings (SSSR count). The molecule has 2 aromatic carbocycles. The molecule has 34 heavy (non-hydrogen) atoms. The van der Waals surface area contributed by atoms with Crippen LogP contribution in [0.15, 0.2) is 64.7 Å². The summed E-state index contributed by atoms with van der Waals surface area (Å²) in [6, 6.07) is 13.6. The molecule has 0 unspecified atom stereocenters. The van der Waals surface area contributed by atoms with E-state index in [1.54, 1.807) is 42.3 Å². The van der Waals surface area contributed by atoms with E-state index in [2.05, 4.69) is 0 Å². The van der Waals surface area contributed by atoms with E-state index in [4.69, 9.17) is 33.0 Å². The molecule has 10 heteroatoms. The molecule has 176 valence electrons. The van der Waals surface area contributed by atoms with Gasteiger partial charge in [-0.2, -0.15) is 13.2 Å². The highest BCUT2D eigenvalue weighted by molar-refractivity contribution is 7.80. The van der Waals surface area contributed by atoms with Gasteiger partial charge in [0.25, 0.3) is 5.91 Å². The van der Waals surface area contributed by atoms with E-state index >= 15 is 0 Å². The predicted octanol–water partition coefficient (Wildman–Crippen LogP) is 6.62. The maximum absolute atomic E-state index is 13.2. The normalized spacial score (nSPS) is 15.5. The van der Waals surface area contributed by atoms with E-state index in [0.29, 0.717) is 18.0 Å². The van der Waals surface area contributed by atoms with Crippen LogP contribution < -0.4 is 9.64 Å². The summed E-state index contributed by atoms with van der Waals surface area (Å²) in [5.74, 6) is 0.797. The highest BCUT2D eigenvalue weighted by atomic mass is 35.5. The molecule has 1 amide bonds. The van der Waals surface area contributed by atoms with Crippen LogP contribution in [0.5, 0.6) is 5.75 Å². The molecule has 1 saturated heterocycles. The second-order valence-electron chi connectivity index (χ2n) is 7.33.